The molecule has 0 bridgehead atoms. The smallest absolute Gasteiger partial charge is 0.191 e. The Labute approximate surface area is 172 Å². The molecule has 2 aromatic carbocycles. The van der Waals surface area contributed by atoms with E-state index in [4.69, 9.17) is 0 Å². The van der Waals surface area contributed by atoms with E-state index in [1.54, 1.807) is 13.2 Å². The first kappa shape index (κ1) is 19.1. The van der Waals surface area contributed by atoms with Crippen LogP contribution in [0.1, 0.15) is 22.4 Å². The minimum atomic E-state index is 0.687. The number of aliphatic imine (C=N–C) groups is 1. The Morgan fingerprint density at radius 3 is 2.52 bits per heavy atom. The molecule has 4 rings (SSSR count). The molecule has 150 valence electrons. The van der Waals surface area contributed by atoms with Crippen LogP contribution in [0.2, 0.25) is 0 Å². The molecular formula is C23H28N6. The Hall–Kier alpha value is -3.28. The maximum Gasteiger partial charge on any atom is 0.191 e. The van der Waals surface area contributed by atoms with Gasteiger partial charge < -0.3 is 15.5 Å². The van der Waals surface area contributed by atoms with Gasteiger partial charge in [0.05, 0.1) is 12.2 Å². The summed E-state index contributed by atoms with van der Waals surface area (Å²) < 4.78 is 1.86. The van der Waals surface area contributed by atoms with Crippen LogP contribution in [0.4, 0.5) is 5.69 Å². The molecule has 3 aromatic rings. The van der Waals surface area contributed by atoms with Gasteiger partial charge in [0.2, 0.25) is 0 Å². The SMILES string of the molecule is CN=C(NCc1ccc(CN2CCc3ccccc32)cc1)NCc1ccnn1C. The molecule has 0 atom stereocenters. The van der Waals surface area contributed by atoms with Crippen LogP contribution < -0.4 is 15.5 Å². The van der Waals surface area contributed by atoms with E-state index in [1.807, 2.05) is 17.8 Å². The molecule has 0 fully saturated rings. The van der Waals surface area contributed by atoms with Crippen LogP contribution in [0.15, 0.2) is 65.8 Å². The van der Waals surface area contributed by atoms with Crippen molar-refractivity contribution in [3.8, 4) is 0 Å². The van der Waals surface area contributed by atoms with E-state index in [0.717, 1.165) is 37.7 Å². The highest BCUT2D eigenvalue weighted by atomic mass is 15.3. The minimum absolute atomic E-state index is 0.687. The fraction of sp³-hybridized carbons (Fsp3) is 0.304. The van der Waals surface area contributed by atoms with Gasteiger partial charge in [-0.15, -0.1) is 0 Å². The van der Waals surface area contributed by atoms with E-state index in [1.165, 1.54) is 22.4 Å². The number of fused-ring (bicyclic) bond motifs is 1. The standard InChI is InChI=1S/C23H28N6/c1-24-23(26-16-21-11-13-27-28(21)2)25-15-18-7-9-19(10-8-18)17-29-14-12-20-5-3-4-6-22(20)29/h3-11,13H,12,14-17H2,1-2H3,(H2,24,25,26). The summed E-state index contributed by atoms with van der Waals surface area (Å²) in [6, 6.07) is 19.6. The van der Waals surface area contributed by atoms with Crippen molar-refractivity contribution in [2.24, 2.45) is 12.0 Å². The van der Waals surface area contributed by atoms with E-state index in [2.05, 4.69) is 74.2 Å². The first-order valence-corrected chi connectivity index (χ1v) is 10.0. The zero-order valence-electron chi connectivity index (χ0n) is 17.1. The van der Waals surface area contributed by atoms with E-state index in [9.17, 15) is 0 Å². The normalized spacial score (nSPS) is 13.4. The molecule has 6 heteroatoms. The molecule has 0 radical (unpaired) electrons. The van der Waals surface area contributed by atoms with Crippen molar-refractivity contribution in [1.82, 2.24) is 20.4 Å². The minimum Gasteiger partial charge on any atom is -0.367 e. The summed E-state index contributed by atoms with van der Waals surface area (Å²) in [6.45, 7) is 3.48. The Balaban J connectivity index is 1.28. The summed E-state index contributed by atoms with van der Waals surface area (Å²) in [5.41, 5.74) is 6.52. The molecule has 0 saturated heterocycles. The second kappa shape index (κ2) is 8.82. The van der Waals surface area contributed by atoms with E-state index < -0.39 is 0 Å². The third kappa shape index (κ3) is 4.59. The van der Waals surface area contributed by atoms with Crippen molar-refractivity contribution in [3.05, 3.63) is 83.2 Å². The quantitative estimate of drug-likeness (QED) is 0.504. The number of nitrogens with one attached hydrogen (secondary N) is 2. The molecule has 0 unspecified atom stereocenters. The average Bonchev–Trinajstić information content (AvgIpc) is 3.35. The number of hydrogen-bond donors (Lipinski definition) is 2. The van der Waals surface area contributed by atoms with Gasteiger partial charge >= 0.3 is 0 Å². The van der Waals surface area contributed by atoms with Crippen LogP contribution in [0.3, 0.4) is 0 Å². The first-order valence-electron chi connectivity index (χ1n) is 10.0. The van der Waals surface area contributed by atoms with E-state index in [0.29, 0.717) is 6.54 Å². The molecule has 0 aliphatic carbocycles. The Bertz CT molecular complexity index is 973. The van der Waals surface area contributed by atoms with E-state index in [-0.39, 0.29) is 0 Å². The van der Waals surface area contributed by atoms with Crippen molar-refractivity contribution in [3.63, 3.8) is 0 Å². The number of guanidine groups is 1. The Kier molecular flexibility index (Phi) is 5.79. The van der Waals surface area contributed by atoms with Crippen LogP contribution in [-0.4, -0.2) is 29.3 Å². The topological polar surface area (TPSA) is 57.5 Å². The number of aryl methyl sites for hydroxylation is 1. The highest BCUT2D eigenvalue weighted by molar-refractivity contribution is 5.79. The van der Waals surface area contributed by atoms with Gasteiger partial charge in [-0.1, -0.05) is 42.5 Å². The van der Waals surface area contributed by atoms with Gasteiger partial charge in [0.1, 0.15) is 0 Å². The van der Waals surface area contributed by atoms with Crippen LogP contribution in [0.25, 0.3) is 0 Å². The summed E-state index contributed by atoms with van der Waals surface area (Å²) in [5, 5.41) is 10.9. The fourth-order valence-corrected chi connectivity index (χ4v) is 3.71. The summed E-state index contributed by atoms with van der Waals surface area (Å²) in [7, 11) is 3.73. The molecule has 0 saturated carbocycles. The van der Waals surface area contributed by atoms with Gasteiger partial charge in [-0.3, -0.25) is 9.67 Å². The van der Waals surface area contributed by atoms with Gasteiger partial charge in [0.15, 0.2) is 5.96 Å². The van der Waals surface area contributed by atoms with Crippen molar-refractivity contribution >= 4 is 11.6 Å². The number of para-hydroxylation sites is 1. The molecule has 2 N–H and O–H groups in total. The predicted molar refractivity (Wildman–Crippen MR) is 118 cm³/mol. The Morgan fingerprint density at radius 1 is 1.00 bits per heavy atom. The predicted octanol–water partition coefficient (Wildman–Crippen LogP) is 2.85. The maximum atomic E-state index is 4.30. The van der Waals surface area contributed by atoms with Gasteiger partial charge in [-0.05, 0) is 35.2 Å². The number of hydrogen-bond acceptors (Lipinski definition) is 3. The van der Waals surface area contributed by atoms with Crippen LogP contribution in [0, 0.1) is 0 Å². The van der Waals surface area contributed by atoms with Crippen molar-refractivity contribution in [1.29, 1.82) is 0 Å². The molecule has 29 heavy (non-hydrogen) atoms. The van der Waals surface area contributed by atoms with Crippen molar-refractivity contribution < 1.29 is 0 Å². The molecule has 1 aromatic heterocycles. The number of anilines is 1. The molecule has 0 amide bonds. The van der Waals surface area contributed by atoms with Crippen molar-refractivity contribution in [2.75, 3.05) is 18.5 Å². The Morgan fingerprint density at radius 2 is 1.76 bits per heavy atom. The monoisotopic (exact) mass is 388 g/mol. The van der Waals surface area contributed by atoms with Crippen LogP contribution in [-0.2, 0) is 33.1 Å². The summed E-state index contributed by atoms with van der Waals surface area (Å²) >= 11 is 0. The summed E-state index contributed by atoms with van der Waals surface area (Å²) in [6.07, 6.45) is 2.94. The second-order valence-corrected chi connectivity index (χ2v) is 7.34. The third-order valence-electron chi connectivity index (χ3n) is 5.42. The zero-order valence-corrected chi connectivity index (χ0v) is 17.1. The largest absolute Gasteiger partial charge is 0.367 e. The lowest BCUT2D eigenvalue weighted by molar-refractivity contribution is 0.684. The fourth-order valence-electron chi connectivity index (χ4n) is 3.71. The highest BCUT2D eigenvalue weighted by Crippen LogP contribution is 2.28. The number of rotatable bonds is 6. The number of nitrogens with zero attached hydrogens (tertiary/aromatic N) is 4. The molecule has 2 heterocycles. The van der Waals surface area contributed by atoms with Gasteiger partial charge in [0.25, 0.3) is 0 Å². The second-order valence-electron chi connectivity index (χ2n) is 7.34. The lowest BCUT2D eigenvalue weighted by Crippen LogP contribution is -2.36. The molecule has 6 nitrogen and oxygen atoms in total. The van der Waals surface area contributed by atoms with Crippen molar-refractivity contribution in [2.45, 2.75) is 26.1 Å². The molecule has 1 aliphatic heterocycles. The lowest BCUT2D eigenvalue weighted by Gasteiger charge is -2.19. The van der Waals surface area contributed by atoms with Crippen LogP contribution >= 0.6 is 0 Å². The average molecular weight is 389 g/mol. The molecule has 0 spiro atoms. The third-order valence-corrected chi connectivity index (χ3v) is 5.42. The number of aromatic nitrogens is 2. The summed E-state index contributed by atoms with van der Waals surface area (Å²) in [4.78, 5) is 6.76. The molecular weight excluding hydrogens is 360 g/mol. The summed E-state index contributed by atoms with van der Waals surface area (Å²) in [5.74, 6) is 0.781. The zero-order chi connectivity index (χ0) is 20.1. The highest BCUT2D eigenvalue weighted by Gasteiger charge is 2.18. The first-order chi connectivity index (χ1) is 14.2. The van der Waals surface area contributed by atoms with Crippen LogP contribution in [0.5, 0.6) is 0 Å². The number of benzene rings is 2. The van der Waals surface area contributed by atoms with Gasteiger partial charge in [-0.2, -0.15) is 5.10 Å². The lowest BCUT2D eigenvalue weighted by atomic mass is 10.1. The van der Waals surface area contributed by atoms with E-state index >= 15 is 0 Å². The molecule has 1 aliphatic rings. The maximum absolute atomic E-state index is 4.30. The van der Waals surface area contributed by atoms with Gasteiger partial charge in [-0.25, -0.2) is 0 Å². The van der Waals surface area contributed by atoms with Gasteiger partial charge in [0, 0.05) is 45.6 Å².